The molecule has 5 heteroatoms. The first-order valence-electron chi connectivity index (χ1n) is 7.27. The van der Waals surface area contributed by atoms with Crippen LogP contribution in [0.3, 0.4) is 0 Å². The van der Waals surface area contributed by atoms with E-state index in [0.29, 0.717) is 16.9 Å². The van der Waals surface area contributed by atoms with Gasteiger partial charge in [0.1, 0.15) is 12.3 Å². The summed E-state index contributed by atoms with van der Waals surface area (Å²) in [6.45, 7) is 3.69. The summed E-state index contributed by atoms with van der Waals surface area (Å²) in [7, 11) is 0. The first-order chi connectivity index (χ1) is 11.1. The van der Waals surface area contributed by atoms with Crippen molar-refractivity contribution in [3.05, 3.63) is 81.4 Å². The van der Waals surface area contributed by atoms with Gasteiger partial charge in [-0.2, -0.15) is 0 Å². The van der Waals surface area contributed by atoms with Gasteiger partial charge in [0, 0.05) is 12.3 Å². The van der Waals surface area contributed by atoms with Gasteiger partial charge in [-0.05, 0) is 37.1 Å². The lowest BCUT2D eigenvalue weighted by atomic mass is 10.1. The van der Waals surface area contributed by atoms with Crippen molar-refractivity contribution in [2.45, 2.75) is 20.5 Å². The molecular formula is C18H16N2O3. The SMILES string of the molecule is Cc1ccccc1C(=O)OCc1cc(=O)n2cccc(C)c2n1. The van der Waals surface area contributed by atoms with E-state index in [0.717, 1.165) is 11.1 Å². The fourth-order valence-corrected chi connectivity index (χ4v) is 2.40. The van der Waals surface area contributed by atoms with Gasteiger partial charge < -0.3 is 4.74 Å². The third kappa shape index (κ3) is 2.99. The van der Waals surface area contributed by atoms with Crippen LogP contribution in [0.5, 0.6) is 0 Å². The number of ether oxygens (including phenoxy) is 1. The zero-order valence-electron chi connectivity index (χ0n) is 12.9. The van der Waals surface area contributed by atoms with Crippen molar-refractivity contribution in [3.8, 4) is 0 Å². The topological polar surface area (TPSA) is 60.7 Å². The fraction of sp³-hybridized carbons (Fsp3) is 0.167. The maximum absolute atomic E-state index is 12.1. The van der Waals surface area contributed by atoms with Crippen molar-refractivity contribution in [2.24, 2.45) is 0 Å². The molecule has 0 N–H and O–H groups in total. The van der Waals surface area contributed by atoms with Crippen LogP contribution in [0.25, 0.3) is 5.65 Å². The van der Waals surface area contributed by atoms with Crippen molar-refractivity contribution in [2.75, 3.05) is 0 Å². The van der Waals surface area contributed by atoms with Crippen LogP contribution in [-0.4, -0.2) is 15.4 Å². The quantitative estimate of drug-likeness (QED) is 0.698. The predicted octanol–water partition coefficient (Wildman–Crippen LogP) is 2.67. The van der Waals surface area contributed by atoms with Crippen LogP contribution in [-0.2, 0) is 11.3 Å². The molecule has 0 aliphatic rings. The molecule has 2 heterocycles. The van der Waals surface area contributed by atoms with Crippen molar-refractivity contribution < 1.29 is 9.53 Å². The van der Waals surface area contributed by atoms with Crippen LogP contribution in [0.4, 0.5) is 0 Å². The highest BCUT2D eigenvalue weighted by atomic mass is 16.5. The number of aryl methyl sites for hydroxylation is 2. The second kappa shape index (κ2) is 6.04. The number of aromatic nitrogens is 2. The minimum atomic E-state index is -0.421. The third-order valence-corrected chi connectivity index (χ3v) is 3.66. The highest BCUT2D eigenvalue weighted by Gasteiger charge is 2.11. The summed E-state index contributed by atoms with van der Waals surface area (Å²) in [5, 5.41) is 0. The molecule has 3 aromatic rings. The van der Waals surface area contributed by atoms with E-state index in [1.165, 1.54) is 10.5 Å². The summed E-state index contributed by atoms with van der Waals surface area (Å²) >= 11 is 0. The van der Waals surface area contributed by atoms with E-state index in [2.05, 4.69) is 4.98 Å². The van der Waals surface area contributed by atoms with Crippen LogP contribution >= 0.6 is 0 Å². The Labute approximate surface area is 133 Å². The number of benzene rings is 1. The van der Waals surface area contributed by atoms with E-state index in [9.17, 15) is 9.59 Å². The number of nitrogens with zero attached hydrogens (tertiary/aromatic N) is 2. The molecule has 1 aromatic carbocycles. The average molecular weight is 308 g/mol. The van der Waals surface area contributed by atoms with Gasteiger partial charge in [-0.15, -0.1) is 0 Å². The Balaban J connectivity index is 1.85. The summed E-state index contributed by atoms with van der Waals surface area (Å²) in [4.78, 5) is 28.6. The highest BCUT2D eigenvalue weighted by Crippen LogP contribution is 2.11. The van der Waals surface area contributed by atoms with E-state index in [1.54, 1.807) is 24.4 Å². The lowest BCUT2D eigenvalue weighted by Crippen LogP contribution is -2.17. The van der Waals surface area contributed by atoms with Gasteiger partial charge in [0.15, 0.2) is 0 Å². The molecule has 0 unspecified atom stereocenters. The van der Waals surface area contributed by atoms with Gasteiger partial charge in [0.2, 0.25) is 0 Å². The summed E-state index contributed by atoms with van der Waals surface area (Å²) < 4.78 is 6.76. The van der Waals surface area contributed by atoms with Crippen LogP contribution < -0.4 is 5.56 Å². The normalized spacial score (nSPS) is 10.7. The Morgan fingerprint density at radius 3 is 2.65 bits per heavy atom. The molecule has 5 nitrogen and oxygen atoms in total. The second-order valence-corrected chi connectivity index (χ2v) is 5.36. The molecule has 0 saturated heterocycles. The molecule has 0 saturated carbocycles. The first-order valence-corrected chi connectivity index (χ1v) is 7.27. The van der Waals surface area contributed by atoms with Crippen LogP contribution in [0.15, 0.2) is 53.5 Å². The lowest BCUT2D eigenvalue weighted by Gasteiger charge is -2.08. The minimum Gasteiger partial charge on any atom is -0.456 e. The number of hydrogen-bond acceptors (Lipinski definition) is 4. The van der Waals surface area contributed by atoms with Gasteiger partial charge in [-0.25, -0.2) is 9.78 Å². The van der Waals surface area contributed by atoms with E-state index in [-0.39, 0.29) is 12.2 Å². The van der Waals surface area contributed by atoms with Crippen molar-refractivity contribution in [3.63, 3.8) is 0 Å². The van der Waals surface area contributed by atoms with E-state index < -0.39 is 5.97 Å². The van der Waals surface area contributed by atoms with E-state index in [4.69, 9.17) is 4.74 Å². The fourth-order valence-electron chi connectivity index (χ4n) is 2.40. The van der Waals surface area contributed by atoms with Crippen LogP contribution in [0.2, 0.25) is 0 Å². The molecule has 0 atom stereocenters. The van der Waals surface area contributed by atoms with Gasteiger partial charge in [-0.1, -0.05) is 24.3 Å². The van der Waals surface area contributed by atoms with E-state index >= 15 is 0 Å². The minimum absolute atomic E-state index is 0.0345. The Morgan fingerprint density at radius 1 is 1.13 bits per heavy atom. The molecule has 23 heavy (non-hydrogen) atoms. The smallest absolute Gasteiger partial charge is 0.338 e. The number of hydrogen-bond donors (Lipinski definition) is 0. The van der Waals surface area contributed by atoms with Crippen molar-refractivity contribution >= 4 is 11.6 Å². The molecule has 2 aromatic heterocycles. The number of esters is 1. The molecule has 0 radical (unpaired) electrons. The maximum Gasteiger partial charge on any atom is 0.338 e. The van der Waals surface area contributed by atoms with Gasteiger partial charge in [0.25, 0.3) is 5.56 Å². The molecule has 0 amide bonds. The second-order valence-electron chi connectivity index (χ2n) is 5.36. The number of rotatable bonds is 3. The summed E-state index contributed by atoms with van der Waals surface area (Å²) in [6.07, 6.45) is 1.67. The van der Waals surface area contributed by atoms with Crippen LogP contribution in [0.1, 0.15) is 27.2 Å². The molecular weight excluding hydrogens is 292 g/mol. The molecule has 0 aliphatic heterocycles. The Kier molecular flexibility index (Phi) is 3.93. The standard InChI is InChI=1S/C18H16N2O3/c1-12-6-3-4-8-15(12)18(22)23-11-14-10-16(21)20-9-5-7-13(2)17(20)19-14/h3-10H,11H2,1-2H3. The lowest BCUT2D eigenvalue weighted by molar-refractivity contribution is 0.0467. The zero-order chi connectivity index (χ0) is 16.4. The van der Waals surface area contributed by atoms with Crippen LogP contribution in [0, 0.1) is 13.8 Å². The predicted molar refractivity (Wildman–Crippen MR) is 86.5 cm³/mol. The first kappa shape index (κ1) is 15.0. The molecule has 0 fully saturated rings. The third-order valence-electron chi connectivity index (χ3n) is 3.66. The van der Waals surface area contributed by atoms with Crippen molar-refractivity contribution in [1.82, 2.24) is 9.38 Å². The number of fused-ring (bicyclic) bond motifs is 1. The van der Waals surface area contributed by atoms with Gasteiger partial charge in [0.05, 0.1) is 11.3 Å². The molecule has 116 valence electrons. The van der Waals surface area contributed by atoms with Gasteiger partial charge in [-0.3, -0.25) is 9.20 Å². The maximum atomic E-state index is 12.1. The molecule has 3 rings (SSSR count). The van der Waals surface area contributed by atoms with Gasteiger partial charge >= 0.3 is 5.97 Å². The summed E-state index contributed by atoms with van der Waals surface area (Å²) in [6, 6.07) is 12.3. The Bertz CT molecular complexity index is 944. The zero-order valence-corrected chi connectivity index (χ0v) is 12.9. The molecule has 0 bridgehead atoms. The van der Waals surface area contributed by atoms with Crippen molar-refractivity contribution in [1.29, 1.82) is 0 Å². The molecule has 0 spiro atoms. The summed E-state index contributed by atoms with van der Waals surface area (Å²) in [5.74, 6) is -0.421. The Morgan fingerprint density at radius 2 is 1.87 bits per heavy atom. The van der Waals surface area contributed by atoms with E-state index in [1.807, 2.05) is 32.0 Å². The summed E-state index contributed by atoms with van der Waals surface area (Å²) in [5.41, 5.74) is 3.06. The number of carbonyl (C=O) groups excluding carboxylic acids is 1. The average Bonchev–Trinajstić information content (AvgIpc) is 2.54. The number of pyridine rings is 1. The highest BCUT2D eigenvalue weighted by molar-refractivity contribution is 5.90. The monoisotopic (exact) mass is 308 g/mol. The largest absolute Gasteiger partial charge is 0.456 e. The molecule has 0 aliphatic carbocycles. The number of carbonyl (C=O) groups is 1. The Hall–Kier alpha value is -2.95.